The highest BCUT2D eigenvalue weighted by molar-refractivity contribution is 5.84. The third-order valence-electron chi connectivity index (χ3n) is 6.89. The number of hydrogen-bond acceptors (Lipinski definition) is 9. The summed E-state index contributed by atoms with van der Waals surface area (Å²) in [4.78, 5) is 31.1. The minimum Gasteiger partial charge on any atom is -0.490 e. The van der Waals surface area contributed by atoms with Gasteiger partial charge < -0.3 is 29.2 Å². The fourth-order valence-corrected chi connectivity index (χ4v) is 4.82. The Morgan fingerprint density at radius 1 is 1.07 bits per heavy atom. The van der Waals surface area contributed by atoms with Gasteiger partial charge in [0.1, 0.15) is 30.3 Å². The molecule has 0 saturated carbocycles. The van der Waals surface area contributed by atoms with Gasteiger partial charge in [-0.2, -0.15) is 0 Å². The van der Waals surface area contributed by atoms with Crippen LogP contribution in [0, 0.1) is 10.1 Å². The van der Waals surface area contributed by atoms with Crippen LogP contribution in [-0.4, -0.2) is 70.0 Å². The summed E-state index contributed by atoms with van der Waals surface area (Å²) in [6.07, 6.45) is 1.42. The van der Waals surface area contributed by atoms with Gasteiger partial charge in [-0.1, -0.05) is 12.1 Å². The molecule has 1 aromatic heterocycles. The lowest BCUT2D eigenvalue weighted by atomic mass is 10.1. The zero-order valence-corrected chi connectivity index (χ0v) is 23.6. The molecular weight excluding hydrogens is 528 g/mol. The molecule has 41 heavy (non-hydrogen) atoms. The maximum absolute atomic E-state index is 12.0. The molecule has 1 fully saturated rings. The van der Waals surface area contributed by atoms with Crippen LogP contribution in [0.1, 0.15) is 32.8 Å². The van der Waals surface area contributed by atoms with Crippen LogP contribution in [-0.2, 0) is 17.8 Å². The van der Waals surface area contributed by atoms with Crippen molar-refractivity contribution in [3.05, 3.63) is 70.4 Å². The van der Waals surface area contributed by atoms with Gasteiger partial charge in [-0.15, -0.1) is 0 Å². The highest BCUT2D eigenvalue weighted by atomic mass is 16.6. The van der Waals surface area contributed by atoms with E-state index in [0.717, 1.165) is 44.2 Å². The molecule has 0 bridgehead atoms. The molecule has 0 radical (unpaired) electrons. The Morgan fingerprint density at radius 3 is 2.44 bits per heavy atom. The SMILES string of the molecule is CC(C)(C)OC(=O)Nc1ccc(CN2CCN(c3ccc(OC[C@H]4CCn5cc([N+](=O)[O-])nc5O4)cc3)CC2)cc1. The molecule has 12 nitrogen and oxygen atoms in total. The van der Waals surface area contributed by atoms with Crippen molar-refractivity contribution in [2.24, 2.45) is 0 Å². The van der Waals surface area contributed by atoms with Gasteiger partial charge in [-0.05, 0) is 67.7 Å². The number of nitrogens with one attached hydrogen (secondary N) is 1. The minimum absolute atomic E-state index is 0.207. The first-order valence-corrected chi connectivity index (χ1v) is 13.8. The van der Waals surface area contributed by atoms with E-state index in [9.17, 15) is 14.9 Å². The molecule has 0 spiro atoms. The van der Waals surface area contributed by atoms with Crippen LogP contribution in [0.15, 0.2) is 54.7 Å². The van der Waals surface area contributed by atoms with E-state index in [1.807, 2.05) is 57.2 Å². The molecule has 1 amide bonds. The van der Waals surface area contributed by atoms with Crippen molar-refractivity contribution in [2.45, 2.75) is 52.0 Å². The number of fused-ring (bicyclic) bond motifs is 1. The Kier molecular flexibility index (Phi) is 8.29. The second-order valence-electron chi connectivity index (χ2n) is 11.3. The topological polar surface area (TPSA) is 124 Å². The van der Waals surface area contributed by atoms with Crippen LogP contribution >= 0.6 is 0 Å². The van der Waals surface area contributed by atoms with Gasteiger partial charge in [0.2, 0.25) is 0 Å². The lowest BCUT2D eigenvalue weighted by Gasteiger charge is -2.36. The van der Waals surface area contributed by atoms with E-state index in [2.05, 4.69) is 32.2 Å². The number of carbonyl (C=O) groups excluding carboxylic acids is 1. The van der Waals surface area contributed by atoms with Gasteiger partial charge in [0, 0.05) is 62.0 Å². The van der Waals surface area contributed by atoms with E-state index in [4.69, 9.17) is 14.2 Å². The number of aryl methyl sites for hydroxylation is 1. The maximum Gasteiger partial charge on any atom is 0.414 e. The Morgan fingerprint density at radius 2 is 1.78 bits per heavy atom. The van der Waals surface area contributed by atoms with E-state index in [1.54, 1.807) is 4.57 Å². The Hall–Kier alpha value is -4.32. The van der Waals surface area contributed by atoms with E-state index >= 15 is 0 Å². The minimum atomic E-state index is -0.533. The van der Waals surface area contributed by atoms with Crippen LogP contribution in [0.3, 0.4) is 0 Å². The van der Waals surface area contributed by atoms with E-state index in [1.165, 1.54) is 11.8 Å². The van der Waals surface area contributed by atoms with Crippen LogP contribution in [0.2, 0.25) is 0 Å². The number of nitrogens with zero attached hydrogens (tertiary/aromatic N) is 5. The summed E-state index contributed by atoms with van der Waals surface area (Å²) in [5, 5.41) is 13.7. The molecule has 0 aliphatic carbocycles. The Labute approximate surface area is 239 Å². The highest BCUT2D eigenvalue weighted by Gasteiger charge is 2.28. The summed E-state index contributed by atoms with van der Waals surface area (Å²) in [5.74, 6) is 0.543. The third kappa shape index (κ3) is 7.66. The number of nitro groups is 1. The summed E-state index contributed by atoms with van der Waals surface area (Å²) < 4.78 is 18.7. The van der Waals surface area contributed by atoms with Crippen LogP contribution < -0.4 is 19.7 Å². The van der Waals surface area contributed by atoms with E-state index in [-0.39, 0.29) is 17.9 Å². The molecule has 12 heteroatoms. The molecule has 2 aromatic carbocycles. The monoisotopic (exact) mass is 564 g/mol. The number of carbonyl (C=O) groups is 1. The largest absolute Gasteiger partial charge is 0.490 e. The molecular formula is C29H36N6O6. The number of piperazine rings is 1. The first kappa shape index (κ1) is 28.2. The molecule has 3 heterocycles. The molecule has 5 rings (SSSR count). The molecule has 2 aliphatic rings. The standard InChI is InChI=1S/C29H36N6O6/c1-29(2,3)41-28(36)30-22-6-4-21(5-7-22)18-32-14-16-33(17-15-32)23-8-10-24(11-9-23)39-20-25-12-13-34-19-26(35(37)38)31-27(34)40-25/h4-11,19,25H,12-18,20H2,1-3H3,(H,30,36)/t25-/m1/s1. The maximum atomic E-state index is 12.0. The number of rotatable bonds is 8. The van der Waals surface area contributed by atoms with Crippen LogP contribution in [0.25, 0.3) is 0 Å². The number of anilines is 2. The van der Waals surface area contributed by atoms with Crippen molar-refractivity contribution in [1.29, 1.82) is 0 Å². The number of amides is 1. The second-order valence-corrected chi connectivity index (χ2v) is 11.3. The zero-order valence-electron chi connectivity index (χ0n) is 23.6. The van der Waals surface area contributed by atoms with Crippen molar-refractivity contribution in [2.75, 3.05) is 43.0 Å². The fourth-order valence-electron chi connectivity index (χ4n) is 4.82. The van der Waals surface area contributed by atoms with Gasteiger partial charge in [0.15, 0.2) is 0 Å². The Bertz CT molecular complexity index is 1340. The number of hydrogen-bond donors (Lipinski definition) is 1. The molecule has 0 unspecified atom stereocenters. The van der Waals surface area contributed by atoms with E-state index < -0.39 is 16.6 Å². The zero-order chi connectivity index (χ0) is 29.0. The normalized spacial score (nSPS) is 17.3. The second kappa shape index (κ2) is 12.0. The number of benzene rings is 2. The van der Waals surface area contributed by atoms with Gasteiger partial charge >= 0.3 is 17.9 Å². The average Bonchev–Trinajstić information content (AvgIpc) is 3.37. The lowest BCUT2D eigenvalue weighted by Crippen LogP contribution is -2.45. The summed E-state index contributed by atoms with van der Waals surface area (Å²) in [7, 11) is 0. The molecule has 2 aliphatic heterocycles. The van der Waals surface area contributed by atoms with Gasteiger partial charge in [-0.25, -0.2) is 4.79 Å². The van der Waals surface area contributed by atoms with Crippen molar-refractivity contribution < 1.29 is 23.9 Å². The van der Waals surface area contributed by atoms with E-state index in [0.29, 0.717) is 25.3 Å². The smallest absolute Gasteiger partial charge is 0.414 e. The quantitative estimate of drug-likeness (QED) is 0.306. The summed E-state index contributed by atoms with van der Waals surface area (Å²) in [6, 6.07) is 16.2. The number of ether oxygens (including phenoxy) is 3. The summed E-state index contributed by atoms with van der Waals surface area (Å²) >= 11 is 0. The molecule has 1 N–H and O–H groups in total. The first-order valence-electron chi connectivity index (χ1n) is 13.8. The highest BCUT2D eigenvalue weighted by Crippen LogP contribution is 2.26. The van der Waals surface area contributed by atoms with Gasteiger partial charge in [0.25, 0.3) is 0 Å². The average molecular weight is 565 g/mol. The predicted molar refractivity (Wildman–Crippen MR) is 154 cm³/mol. The van der Waals surface area contributed by atoms with Crippen molar-refractivity contribution in [3.8, 4) is 11.8 Å². The van der Waals surface area contributed by atoms with Gasteiger partial charge in [-0.3, -0.25) is 14.8 Å². The predicted octanol–water partition coefficient (Wildman–Crippen LogP) is 4.69. The van der Waals surface area contributed by atoms with Crippen LogP contribution in [0.4, 0.5) is 22.0 Å². The summed E-state index contributed by atoms with van der Waals surface area (Å²) in [5.41, 5.74) is 2.52. The Balaban J connectivity index is 1.04. The van der Waals surface area contributed by atoms with Crippen molar-refractivity contribution in [1.82, 2.24) is 14.5 Å². The molecule has 218 valence electrons. The molecule has 1 saturated heterocycles. The van der Waals surface area contributed by atoms with Gasteiger partial charge in [0.05, 0.1) is 0 Å². The number of imidazole rings is 1. The van der Waals surface area contributed by atoms with Crippen molar-refractivity contribution in [3.63, 3.8) is 0 Å². The molecule has 1 atom stereocenters. The third-order valence-corrected chi connectivity index (χ3v) is 6.89. The first-order chi connectivity index (χ1) is 19.6. The lowest BCUT2D eigenvalue weighted by molar-refractivity contribution is -0.389. The van der Waals surface area contributed by atoms with Crippen LogP contribution in [0.5, 0.6) is 11.8 Å². The fraction of sp³-hybridized carbons (Fsp3) is 0.448. The van der Waals surface area contributed by atoms with Crippen molar-refractivity contribution >= 4 is 23.3 Å². The molecule has 3 aromatic rings. The summed E-state index contributed by atoms with van der Waals surface area (Å²) in [6.45, 7) is 11.1. The number of aromatic nitrogens is 2.